The van der Waals surface area contributed by atoms with Crippen molar-refractivity contribution in [3.05, 3.63) is 55.0 Å². The Hall–Kier alpha value is -2.67. The molecule has 2 heterocycles. The number of hydrogen-bond acceptors (Lipinski definition) is 5. The molecule has 1 aromatic carbocycles. The number of rotatable bonds is 7. The number of anilines is 1. The van der Waals surface area contributed by atoms with Crippen molar-refractivity contribution in [2.24, 2.45) is 0 Å². The number of aromatic nitrogens is 4. The lowest BCUT2D eigenvalue weighted by molar-refractivity contribution is -0.115. The highest BCUT2D eigenvalue weighted by atomic mass is 32.2. The Morgan fingerprint density at radius 1 is 1.37 bits per heavy atom. The van der Waals surface area contributed by atoms with Crippen molar-refractivity contribution in [3.8, 4) is 0 Å². The molecule has 6 nitrogen and oxygen atoms in total. The summed E-state index contributed by atoms with van der Waals surface area (Å²) in [5.41, 5.74) is 1.62. The molecular weight excluding hydrogens is 358 g/mol. The second-order valence-corrected chi connectivity index (χ2v) is 7.95. The van der Waals surface area contributed by atoms with Crippen LogP contribution in [0.4, 0.5) is 5.69 Å². The van der Waals surface area contributed by atoms with Crippen molar-refractivity contribution < 1.29 is 4.79 Å². The molecule has 138 valence electrons. The lowest BCUT2D eigenvalue weighted by atomic mass is 10.2. The van der Waals surface area contributed by atoms with Crippen LogP contribution in [0.3, 0.4) is 0 Å². The van der Waals surface area contributed by atoms with E-state index in [2.05, 4.69) is 31.6 Å². The van der Waals surface area contributed by atoms with Gasteiger partial charge in [-0.2, -0.15) is 0 Å². The number of fused-ring (bicyclic) bond motifs is 1. The van der Waals surface area contributed by atoms with Crippen molar-refractivity contribution in [3.63, 3.8) is 0 Å². The number of nitrogens with zero attached hydrogens (tertiary/aromatic N) is 4. The van der Waals surface area contributed by atoms with Crippen molar-refractivity contribution in [2.45, 2.75) is 42.6 Å². The quantitative estimate of drug-likeness (QED) is 0.496. The second kappa shape index (κ2) is 7.52. The topological polar surface area (TPSA) is 72.7 Å². The Morgan fingerprint density at radius 2 is 2.22 bits per heavy atom. The number of allylic oxidation sites excluding steroid dienone is 1. The largest absolute Gasteiger partial charge is 0.324 e. The van der Waals surface area contributed by atoms with Gasteiger partial charge in [0.15, 0.2) is 5.16 Å². The van der Waals surface area contributed by atoms with Crippen molar-refractivity contribution in [1.29, 1.82) is 0 Å². The van der Waals surface area contributed by atoms with Gasteiger partial charge in [0.1, 0.15) is 5.82 Å². The molecule has 1 aliphatic rings. The maximum Gasteiger partial charge on any atom is 0.237 e. The van der Waals surface area contributed by atoms with E-state index in [4.69, 9.17) is 0 Å². The van der Waals surface area contributed by atoms with Gasteiger partial charge in [-0.05, 0) is 44.0 Å². The van der Waals surface area contributed by atoms with E-state index < -0.39 is 0 Å². The molecule has 1 aliphatic carbocycles. The summed E-state index contributed by atoms with van der Waals surface area (Å²) in [5, 5.41) is 13.1. The van der Waals surface area contributed by atoms with Crippen LogP contribution < -0.4 is 5.32 Å². The van der Waals surface area contributed by atoms with Crippen LogP contribution in [0.1, 0.15) is 31.5 Å². The SMILES string of the molecule is C=CCn1c(S[C@@H](C)C(=O)Nc2cccc3ncccc23)nnc1C1CC1. The monoisotopic (exact) mass is 379 g/mol. The molecule has 1 fully saturated rings. The average molecular weight is 379 g/mol. The molecule has 1 amide bonds. The van der Waals surface area contributed by atoms with Gasteiger partial charge >= 0.3 is 0 Å². The highest BCUT2D eigenvalue weighted by Gasteiger charge is 2.31. The van der Waals surface area contributed by atoms with Crippen molar-refractivity contribution in [1.82, 2.24) is 19.7 Å². The van der Waals surface area contributed by atoms with Gasteiger partial charge in [-0.15, -0.1) is 16.8 Å². The number of carbonyl (C=O) groups is 1. The fourth-order valence-corrected chi connectivity index (χ4v) is 3.86. The minimum atomic E-state index is -0.309. The number of amides is 1. The first-order chi connectivity index (χ1) is 13.2. The number of thioether (sulfide) groups is 1. The van der Waals surface area contributed by atoms with E-state index in [1.807, 2.05) is 43.3 Å². The van der Waals surface area contributed by atoms with Crippen LogP contribution in [0.5, 0.6) is 0 Å². The van der Waals surface area contributed by atoms with Gasteiger partial charge in [-0.1, -0.05) is 23.9 Å². The third-order valence-electron chi connectivity index (χ3n) is 4.55. The summed E-state index contributed by atoms with van der Waals surface area (Å²) >= 11 is 1.42. The second-order valence-electron chi connectivity index (χ2n) is 6.64. The van der Waals surface area contributed by atoms with E-state index in [0.717, 1.165) is 40.4 Å². The van der Waals surface area contributed by atoms with Crippen molar-refractivity contribution >= 4 is 34.3 Å². The van der Waals surface area contributed by atoms with Gasteiger partial charge in [0.05, 0.1) is 16.5 Å². The highest BCUT2D eigenvalue weighted by Crippen LogP contribution is 2.40. The zero-order valence-corrected chi connectivity index (χ0v) is 15.9. The fraction of sp³-hybridized carbons (Fsp3) is 0.300. The van der Waals surface area contributed by atoms with Gasteiger partial charge in [-0.3, -0.25) is 9.78 Å². The van der Waals surface area contributed by atoms with E-state index in [9.17, 15) is 4.79 Å². The maximum absolute atomic E-state index is 12.8. The fourth-order valence-electron chi connectivity index (χ4n) is 2.99. The molecule has 0 aliphatic heterocycles. The normalized spacial score (nSPS) is 14.9. The smallest absolute Gasteiger partial charge is 0.237 e. The van der Waals surface area contributed by atoms with Crippen LogP contribution in [-0.2, 0) is 11.3 Å². The number of benzene rings is 1. The molecule has 1 atom stereocenters. The summed E-state index contributed by atoms with van der Waals surface area (Å²) in [6.07, 6.45) is 5.90. The third-order valence-corrected chi connectivity index (χ3v) is 5.64. The third kappa shape index (κ3) is 3.73. The molecule has 0 radical (unpaired) electrons. The summed E-state index contributed by atoms with van der Waals surface area (Å²) in [5.74, 6) is 1.43. The van der Waals surface area contributed by atoms with E-state index >= 15 is 0 Å². The molecule has 7 heteroatoms. The Labute approximate surface area is 162 Å². The molecule has 3 aromatic rings. The molecule has 0 bridgehead atoms. The van der Waals surface area contributed by atoms with Gasteiger partial charge in [0.25, 0.3) is 0 Å². The first kappa shape index (κ1) is 17.7. The van der Waals surface area contributed by atoms with E-state index in [-0.39, 0.29) is 11.2 Å². The molecule has 0 unspecified atom stereocenters. The predicted molar refractivity (Wildman–Crippen MR) is 108 cm³/mol. The van der Waals surface area contributed by atoms with Crippen molar-refractivity contribution in [2.75, 3.05) is 5.32 Å². The first-order valence-electron chi connectivity index (χ1n) is 9.02. The molecule has 27 heavy (non-hydrogen) atoms. The number of hydrogen-bond donors (Lipinski definition) is 1. The highest BCUT2D eigenvalue weighted by molar-refractivity contribution is 8.00. The summed E-state index contributed by atoms with van der Waals surface area (Å²) in [6.45, 7) is 6.37. The van der Waals surface area contributed by atoms with E-state index in [1.54, 1.807) is 6.20 Å². The molecular formula is C20H21N5OS. The van der Waals surface area contributed by atoms with Gasteiger partial charge in [0.2, 0.25) is 5.91 Å². The Bertz CT molecular complexity index is 990. The lowest BCUT2D eigenvalue weighted by Gasteiger charge is -2.14. The zero-order valence-electron chi connectivity index (χ0n) is 15.1. The van der Waals surface area contributed by atoms with Gasteiger partial charge in [-0.25, -0.2) is 0 Å². The predicted octanol–water partition coefficient (Wildman–Crippen LogP) is 4.01. The number of pyridine rings is 1. The summed E-state index contributed by atoms with van der Waals surface area (Å²) < 4.78 is 2.07. The molecule has 1 saturated carbocycles. The molecule has 0 saturated heterocycles. The summed E-state index contributed by atoms with van der Waals surface area (Å²) in [4.78, 5) is 17.1. The lowest BCUT2D eigenvalue weighted by Crippen LogP contribution is -2.23. The Kier molecular flexibility index (Phi) is 4.94. The molecule has 0 spiro atoms. The number of carbonyl (C=O) groups excluding carboxylic acids is 1. The van der Waals surface area contributed by atoms with E-state index in [1.165, 1.54) is 11.8 Å². The first-order valence-corrected chi connectivity index (χ1v) is 9.90. The van der Waals surface area contributed by atoms with Gasteiger partial charge < -0.3 is 9.88 Å². The van der Waals surface area contributed by atoms with Crippen LogP contribution in [-0.4, -0.2) is 30.9 Å². The molecule has 1 N–H and O–H groups in total. The average Bonchev–Trinajstić information content (AvgIpc) is 3.45. The maximum atomic E-state index is 12.8. The van der Waals surface area contributed by atoms with Crippen LogP contribution in [0.2, 0.25) is 0 Å². The number of nitrogens with one attached hydrogen (secondary N) is 1. The Morgan fingerprint density at radius 3 is 3.00 bits per heavy atom. The van der Waals surface area contributed by atoms with Crippen LogP contribution in [0, 0.1) is 0 Å². The summed E-state index contributed by atoms with van der Waals surface area (Å²) in [6, 6.07) is 9.54. The van der Waals surface area contributed by atoms with Crippen LogP contribution in [0.25, 0.3) is 10.9 Å². The minimum absolute atomic E-state index is 0.0718. The van der Waals surface area contributed by atoms with Crippen LogP contribution in [0.15, 0.2) is 54.3 Å². The Balaban J connectivity index is 1.50. The standard InChI is InChI=1S/C20H21N5OS/c1-3-12-25-18(14-9-10-14)23-24-20(25)27-13(2)19(26)22-17-8-4-7-16-15(17)6-5-11-21-16/h3-8,11,13-14H,1,9-10,12H2,2H3,(H,22,26)/t13-/m0/s1. The van der Waals surface area contributed by atoms with Gasteiger partial charge in [0, 0.05) is 24.0 Å². The van der Waals surface area contributed by atoms with Crippen LogP contribution >= 0.6 is 11.8 Å². The zero-order chi connectivity index (χ0) is 18.8. The molecule has 4 rings (SSSR count). The molecule has 2 aromatic heterocycles. The van der Waals surface area contributed by atoms with E-state index in [0.29, 0.717) is 12.5 Å². The minimum Gasteiger partial charge on any atom is -0.324 e. The summed E-state index contributed by atoms with van der Waals surface area (Å²) in [7, 11) is 0.